The molecule has 7 heteroatoms. The molecule has 0 saturated carbocycles. The van der Waals surface area contributed by atoms with Crippen LogP contribution in [0.25, 0.3) is 0 Å². The Morgan fingerprint density at radius 1 is 1.10 bits per heavy atom. The quantitative estimate of drug-likeness (QED) is 0.822. The number of nitrogens with zero attached hydrogens (tertiary/aromatic N) is 2. The van der Waals surface area contributed by atoms with Crippen LogP contribution in [-0.2, 0) is 22.7 Å². The molecule has 2 fully saturated rings. The Morgan fingerprint density at radius 2 is 1.90 bits per heavy atom. The second kappa shape index (κ2) is 8.25. The van der Waals surface area contributed by atoms with E-state index in [9.17, 15) is 14.4 Å². The van der Waals surface area contributed by atoms with Crippen LogP contribution in [0.5, 0.6) is 0 Å². The lowest BCUT2D eigenvalue weighted by Gasteiger charge is -2.36. The van der Waals surface area contributed by atoms with Crippen molar-refractivity contribution < 1.29 is 14.4 Å². The molecular formula is C22H22ClN3O3. The summed E-state index contributed by atoms with van der Waals surface area (Å²) in [6, 6.07) is 14.2. The fraction of sp³-hybridized carbons (Fsp3) is 0.318. The Labute approximate surface area is 174 Å². The number of fused-ring (bicyclic) bond motifs is 1. The third-order valence-electron chi connectivity index (χ3n) is 5.43. The first-order valence-electron chi connectivity index (χ1n) is 9.71. The molecule has 0 aromatic heterocycles. The molecule has 2 aromatic carbocycles. The minimum atomic E-state index is -0.298. The smallest absolute Gasteiger partial charge is 0.251 e. The first kappa shape index (κ1) is 19.5. The molecule has 6 nitrogen and oxygen atoms in total. The van der Waals surface area contributed by atoms with Crippen molar-refractivity contribution in [1.82, 2.24) is 15.1 Å². The second-order valence-electron chi connectivity index (χ2n) is 7.45. The van der Waals surface area contributed by atoms with Crippen molar-refractivity contribution >= 4 is 29.3 Å². The van der Waals surface area contributed by atoms with Crippen molar-refractivity contribution in [2.75, 3.05) is 13.1 Å². The number of hydrogen-bond acceptors (Lipinski definition) is 3. The van der Waals surface area contributed by atoms with E-state index >= 15 is 0 Å². The normalized spacial score (nSPS) is 18.7. The summed E-state index contributed by atoms with van der Waals surface area (Å²) in [5.41, 5.74) is 2.36. The summed E-state index contributed by atoms with van der Waals surface area (Å²) in [4.78, 5) is 40.6. The maximum atomic E-state index is 12.6. The molecule has 3 amide bonds. The van der Waals surface area contributed by atoms with Crippen LogP contribution in [0.3, 0.4) is 0 Å². The van der Waals surface area contributed by atoms with E-state index in [1.54, 1.807) is 28.0 Å². The molecule has 0 bridgehead atoms. The molecule has 0 radical (unpaired) electrons. The van der Waals surface area contributed by atoms with E-state index in [0.29, 0.717) is 30.2 Å². The van der Waals surface area contributed by atoms with Crippen LogP contribution in [0.15, 0.2) is 48.5 Å². The average Bonchev–Trinajstić information content (AvgIpc) is 3.21. The zero-order valence-corrected chi connectivity index (χ0v) is 16.7. The van der Waals surface area contributed by atoms with Crippen LogP contribution in [0.4, 0.5) is 0 Å². The summed E-state index contributed by atoms with van der Waals surface area (Å²) in [5, 5.41) is 3.50. The Hall–Kier alpha value is -2.86. The van der Waals surface area contributed by atoms with Gasteiger partial charge in [-0.05, 0) is 48.2 Å². The van der Waals surface area contributed by atoms with Gasteiger partial charge in [-0.25, -0.2) is 0 Å². The van der Waals surface area contributed by atoms with Gasteiger partial charge in [0.25, 0.3) is 5.91 Å². The van der Waals surface area contributed by atoms with Gasteiger partial charge in [0.2, 0.25) is 11.8 Å². The fourth-order valence-corrected chi connectivity index (χ4v) is 4.12. The van der Waals surface area contributed by atoms with E-state index in [4.69, 9.17) is 11.6 Å². The van der Waals surface area contributed by atoms with Gasteiger partial charge in [0.05, 0.1) is 0 Å². The standard InChI is InChI=1S/C22H22ClN3O3/c23-18-4-1-3-16(11-18)12-24-21(28)17-8-6-15(7-9-17)13-25-14-20(27)26-10-2-5-19(26)22(25)29/h1,3-4,6-9,11,19H,2,5,10,12-14H2,(H,24,28). The molecule has 150 valence electrons. The Kier molecular flexibility index (Phi) is 5.53. The number of carbonyl (C=O) groups excluding carboxylic acids is 3. The number of amides is 3. The monoisotopic (exact) mass is 411 g/mol. The predicted molar refractivity (Wildman–Crippen MR) is 109 cm³/mol. The van der Waals surface area contributed by atoms with Crippen molar-refractivity contribution in [3.05, 3.63) is 70.2 Å². The van der Waals surface area contributed by atoms with Gasteiger partial charge in [-0.15, -0.1) is 0 Å². The van der Waals surface area contributed by atoms with Gasteiger partial charge in [0.15, 0.2) is 0 Å². The molecule has 0 spiro atoms. The summed E-state index contributed by atoms with van der Waals surface area (Å²) < 4.78 is 0. The molecule has 29 heavy (non-hydrogen) atoms. The minimum absolute atomic E-state index is 0.0177. The van der Waals surface area contributed by atoms with E-state index < -0.39 is 0 Å². The summed E-state index contributed by atoms with van der Waals surface area (Å²) in [5.74, 6) is -0.142. The summed E-state index contributed by atoms with van der Waals surface area (Å²) in [6.45, 7) is 1.57. The molecule has 2 aliphatic rings. The fourth-order valence-electron chi connectivity index (χ4n) is 3.91. The van der Waals surface area contributed by atoms with Gasteiger partial charge in [-0.2, -0.15) is 0 Å². The molecule has 1 unspecified atom stereocenters. The average molecular weight is 412 g/mol. The molecule has 1 N–H and O–H groups in total. The van der Waals surface area contributed by atoms with Crippen molar-refractivity contribution in [3.8, 4) is 0 Å². The highest BCUT2D eigenvalue weighted by atomic mass is 35.5. The highest BCUT2D eigenvalue weighted by Gasteiger charge is 2.41. The third kappa shape index (κ3) is 4.27. The number of rotatable bonds is 5. The Balaban J connectivity index is 1.35. The van der Waals surface area contributed by atoms with Gasteiger partial charge in [-0.3, -0.25) is 14.4 Å². The van der Waals surface area contributed by atoms with E-state index in [1.165, 1.54) is 0 Å². The summed E-state index contributed by atoms with van der Waals surface area (Å²) in [6.07, 6.45) is 1.63. The van der Waals surface area contributed by atoms with Crippen LogP contribution in [-0.4, -0.2) is 46.7 Å². The molecule has 4 rings (SSSR count). The van der Waals surface area contributed by atoms with E-state index in [1.807, 2.05) is 30.3 Å². The predicted octanol–water partition coefficient (Wildman–Crippen LogP) is 2.60. The van der Waals surface area contributed by atoms with Crippen molar-refractivity contribution in [2.45, 2.75) is 32.0 Å². The second-order valence-corrected chi connectivity index (χ2v) is 7.89. The topological polar surface area (TPSA) is 69.7 Å². The van der Waals surface area contributed by atoms with Crippen molar-refractivity contribution in [2.24, 2.45) is 0 Å². The molecule has 0 aliphatic carbocycles. The van der Waals surface area contributed by atoms with E-state index in [0.717, 1.165) is 24.0 Å². The van der Waals surface area contributed by atoms with Crippen molar-refractivity contribution in [3.63, 3.8) is 0 Å². The number of halogens is 1. The molecule has 2 heterocycles. The molecule has 2 saturated heterocycles. The zero-order chi connectivity index (χ0) is 20.4. The summed E-state index contributed by atoms with van der Waals surface area (Å²) >= 11 is 5.96. The lowest BCUT2D eigenvalue weighted by atomic mass is 10.1. The number of nitrogens with one attached hydrogen (secondary N) is 1. The van der Waals surface area contributed by atoms with Gasteiger partial charge in [0.1, 0.15) is 12.6 Å². The molecule has 2 aliphatic heterocycles. The van der Waals surface area contributed by atoms with Crippen LogP contribution in [0.2, 0.25) is 5.02 Å². The highest BCUT2D eigenvalue weighted by molar-refractivity contribution is 6.30. The lowest BCUT2D eigenvalue weighted by Crippen LogP contribution is -2.56. The minimum Gasteiger partial charge on any atom is -0.348 e. The first-order chi connectivity index (χ1) is 14.0. The van der Waals surface area contributed by atoms with Crippen LogP contribution in [0, 0.1) is 0 Å². The van der Waals surface area contributed by atoms with Gasteiger partial charge in [-0.1, -0.05) is 35.9 Å². The van der Waals surface area contributed by atoms with Gasteiger partial charge < -0.3 is 15.1 Å². The van der Waals surface area contributed by atoms with Gasteiger partial charge >= 0.3 is 0 Å². The van der Waals surface area contributed by atoms with E-state index in [-0.39, 0.29) is 30.3 Å². The largest absolute Gasteiger partial charge is 0.348 e. The molecular weight excluding hydrogens is 390 g/mol. The number of carbonyl (C=O) groups is 3. The molecule has 2 aromatic rings. The zero-order valence-electron chi connectivity index (χ0n) is 15.9. The Morgan fingerprint density at radius 3 is 2.66 bits per heavy atom. The number of hydrogen-bond donors (Lipinski definition) is 1. The maximum Gasteiger partial charge on any atom is 0.251 e. The van der Waals surface area contributed by atoms with Crippen LogP contribution in [0.1, 0.15) is 34.3 Å². The summed E-state index contributed by atoms with van der Waals surface area (Å²) in [7, 11) is 0. The number of benzene rings is 2. The highest BCUT2D eigenvalue weighted by Crippen LogP contribution is 2.24. The van der Waals surface area contributed by atoms with Crippen LogP contribution < -0.4 is 5.32 Å². The van der Waals surface area contributed by atoms with Crippen LogP contribution >= 0.6 is 11.6 Å². The van der Waals surface area contributed by atoms with Gasteiger partial charge in [0, 0.05) is 30.2 Å². The van der Waals surface area contributed by atoms with Crippen molar-refractivity contribution in [1.29, 1.82) is 0 Å². The maximum absolute atomic E-state index is 12.6. The number of piperazine rings is 1. The molecule has 1 atom stereocenters. The third-order valence-corrected chi connectivity index (χ3v) is 5.66. The Bertz CT molecular complexity index is 945. The SMILES string of the molecule is O=C(NCc1cccc(Cl)c1)c1ccc(CN2CC(=O)N3CCCC3C2=O)cc1. The lowest BCUT2D eigenvalue weighted by molar-refractivity contribution is -0.154. The van der Waals surface area contributed by atoms with E-state index in [2.05, 4.69) is 5.32 Å². The first-order valence-corrected chi connectivity index (χ1v) is 10.1.